The van der Waals surface area contributed by atoms with Gasteiger partial charge >= 0.3 is 0 Å². The van der Waals surface area contributed by atoms with E-state index in [9.17, 15) is 0 Å². The van der Waals surface area contributed by atoms with Crippen molar-refractivity contribution in [1.29, 1.82) is 0 Å². The van der Waals surface area contributed by atoms with E-state index in [-0.39, 0.29) is 0 Å². The van der Waals surface area contributed by atoms with E-state index in [1.54, 1.807) is 0 Å². The van der Waals surface area contributed by atoms with Crippen LogP contribution < -0.4 is 0 Å². The molecule has 0 aliphatic carbocycles. The second-order valence-corrected chi connectivity index (χ2v) is 2.65. The van der Waals surface area contributed by atoms with Gasteiger partial charge in [-0.25, -0.2) is 0 Å². The van der Waals surface area contributed by atoms with Gasteiger partial charge in [0.2, 0.25) is 0 Å². The monoisotopic (exact) mass is 139 g/mol. The Hall–Kier alpha value is -0.590. The molecule has 1 heteroatoms. The molecule has 58 valence electrons. The smallest absolute Gasteiger partial charge is 0.0495 e. The Kier molecular flexibility index (Phi) is 4.91. The van der Waals surface area contributed by atoms with E-state index in [0.717, 1.165) is 6.42 Å². The Balaban J connectivity index is 3.68. The van der Waals surface area contributed by atoms with Gasteiger partial charge < -0.3 is 0 Å². The van der Waals surface area contributed by atoms with Crippen LogP contribution >= 0.6 is 0 Å². The Morgan fingerprint density at radius 2 is 2.10 bits per heavy atom. The standard InChI is InChI=1S/C9H17N/c1-5-7-8(3)9(4)10-6-2/h5-6,8-9H,1,7H2,2-4H3. The molecule has 0 heterocycles. The lowest BCUT2D eigenvalue weighted by Crippen LogP contribution is -2.10. The summed E-state index contributed by atoms with van der Waals surface area (Å²) in [6.07, 6.45) is 4.87. The van der Waals surface area contributed by atoms with Gasteiger partial charge in [0.25, 0.3) is 0 Å². The highest BCUT2D eigenvalue weighted by Crippen LogP contribution is 2.10. The van der Waals surface area contributed by atoms with Crippen LogP contribution in [0, 0.1) is 5.92 Å². The van der Waals surface area contributed by atoms with Crippen molar-refractivity contribution in [3.8, 4) is 0 Å². The number of rotatable bonds is 4. The first-order valence-corrected chi connectivity index (χ1v) is 3.81. The minimum absolute atomic E-state index is 0.433. The Bertz CT molecular complexity index is 116. The molecule has 0 fully saturated rings. The van der Waals surface area contributed by atoms with E-state index in [0.29, 0.717) is 12.0 Å². The fourth-order valence-corrected chi connectivity index (χ4v) is 0.842. The molecule has 2 atom stereocenters. The van der Waals surface area contributed by atoms with Crippen LogP contribution in [0.15, 0.2) is 17.6 Å². The molecule has 0 spiro atoms. The highest BCUT2D eigenvalue weighted by molar-refractivity contribution is 5.53. The van der Waals surface area contributed by atoms with Gasteiger partial charge in [0, 0.05) is 6.04 Å². The summed E-state index contributed by atoms with van der Waals surface area (Å²) in [4.78, 5) is 4.27. The third kappa shape index (κ3) is 3.44. The van der Waals surface area contributed by atoms with E-state index < -0.39 is 0 Å². The van der Waals surface area contributed by atoms with Crippen LogP contribution in [0.3, 0.4) is 0 Å². The van der Waals surface area contributed by atoms with Gasteiger partial charge in [-0.3, -0.25) is 4.99 Å². The first-order chi connectivity index (χ1) is 4.72. The summed E-state index contributed by atoms with van der Waals surface area (Å²) in [5.74, 6) is 0.619. The topological polar surface area (TPSA) is 12.4 Å². The zero-order chi connectivity index (χ0) is 7.98. The molecule has 0 saturated carbocycles. The van der Waals surface area contributed by atoms with E-state index in [1.807, 2.05) is 19.2 Å². The van der Waals surface area contributed by atoms with Crippen LogP contribution in [0.1, 0.15) is 27.2 Å². The molecule has 0 N–H and O–H groups in total. The first kappa shape index (κ1) is 9.41. The normalized spacial score (nSPS) is 17.1. The minimum Gasteiger partial charge on any atom is -0.295 e. The highest BCUT2D eigenvalue weighted by atomic mass is 14.8. The lowest BCUT2D eigenvalue weighted by molar-refractivity contribution is 0.493. The predicted molar refractivity (Wildman–Crippen MR) is 47.6 cm³/mol. The van der Waals surface area contributed by atoms with Crippen molar-refractivity contribution in [2.75, 3.05) is 0 Å². The molecule has 2 unspecified atom stereocenters. The summed E-state index contributed by atoms with van der Waals surface area (Å²) in [7, 11) is 0. The molecule has 0 amide bonds. The Morgan fingerprint density at radius 1 is 1.50 bits per heavy atom. The van der Waals surface area contributed by atoms with Crippen LogP contribution in [0.25, 0.3) is 0 Å². The third-order valence-corrected chi connectivity index (χ3v) is 1.75. The number of hydrogen-bond acceptors (Lipinski definition) is 1. The van der Waals surface area contributed by atoms with E-state index in [4.69, 9.17) is 0 Å². The van der Waals surface area contributed by atoms with Crippen molar-refractivity contribution < 1.29 is 0 Å². The molecule has 0 aliphatic rings. The molecule has 10 heavy (non-hydrogen) atoms. The van der Waals surface area contributed by atoms with Gasteiger partial charge in [-0.05, 0) is 32.4 Å². The molecule has 0 aromatic heterocycles. The van der Waals surface area contributed by atoms with Crippen LogP contribution in [-0.4, -0.2) is 12.3 Å². The van der Waals surface area contributed by atoms with Gasteiger partial charge in [0.05, 0.1) is 0 Å². The van der Waals surface area contributed by atoms with Crippen molar-refractivity contribution in [3.05, 3.63) is 12.7 Å². The quantitative estimate of drug-likeness (QED) is 0.419. The third-order valence-electron chi connectivity index (χ3n) is 1.75. The fraction of sp³-hybridized carbons (Fsp3) is 0.667. The molecular weight excluding hydrogens is 122 g/mol. The molecule has 0 radical (unpaired) electrons. The maximum Gasteiger partial charge on any atom is 0.0495 e. The fourth-order valence-electron chi connectivity index (χ4n) is 0.842. The summed E-state index contributed by atoms with van der Waals surface area (Å²) in [5.41, 5.74) is 0. The van der Waals surface area contributed by atoms with Crippen molar-refractivity contribution in [1.82, 2.24) is 0 Å². The lowest BCUT2D eigenvalue weighted by Gasteiger charge is -2.12. The zero-order valence-electron chi connectivity index (χ0n) is 7.17. The van der Waals surface area contributed by atoms with E-state index in [2.05, 4.69) is 25.4 Å². The summed E-state index contributed by atoms with van der Waals surface area (Å²) in [5, 5.41) is 0. The molecule has 0 bridgehead atoms. The van der Waals surface area contributed by atoms with E-state index in [1.165, 1.54) is 0 Å². The summed E-state index contributed by atoms with van der Waals surface area (Å²) in [6.45, 7) is 9.97. The number of allylic oxidation sites excluding steroid dienone is 1. The van der Waals surface area contributed by atoms with Crippen molar-refractivity contribution in [3.63, 3.8) is 0 Å². The second-order valence-electron chi connectivity index (χ2n) is 2.65. The maximum absolute atomic E-state index is 4.27. The van der Waals surface area contributed by atoms with Crippen molar-refractivity contribution in [2.45, 2.75) is 33.2 Å². The Morgan fingerprint density at radius 3 is 2.50 bits per heavy atom. The zero-order valence-corrected chi connectivity index (χ0v) is 7.17. The van der Waals surface area contributed by atoms with Crippen LogP contribution in [0.5, 0.6) is 0 Å². The molecule has 0 saturated heterocycles. The maximum atomic E-state index is 4.27. The average Bonchev–Trinajstić information content (AvgIpc) is 1.89. The summed E-state index contributed by atoms with van der Waals surface area (Å²) >= 11 is 0. The molecule has 0 aromatic rings. The Labute approximate surface area is 63.9 Å². The number of aliphatic imine (C=N–C) groups is 1. The largest absolute Gasteiger partial charge is 0.295 e. The molecule has 0 aromatic carbocycles. The van der Waals surface area contributed by atoms with Gasteiger partial charge in [-0.1, -0.05) is 13.0 Å². The molecule has 0 rings (SSSR count). The van der Waals surface area contributed by atoms with Crippen molar-refractivity contribution in [2.24, 2.45) is 10.9 Å². The average molecular weight is 139 g/mol. The number of hydrogen-bond donors (Lipinski definition) is 0. The molecule has 1 nitrogen and oxygen atoms in total. The second kappa shape index (κ2) is 5.21. The summed E-state index contributed by atoms with van der Waals surface area (Å²) < 4.78 is 0. The molecule has 0 aliphatic heterocycles. The predicted octanol–water partition coefficient (Wildman–Crippen LogP) is 2.68. The van der Waals surface area contributed by atoms with Gasteiger partial charge in [-0.15, -0.1) is 6.58 Å². The number of nitrogens with zero attached hydrogens (tertiary/aromatic N) is 1. The van der Waals surface area contributed by atoms with Crippen LogP contribution in [0.2, 0.25) is 0 Å². The highest BCUT2D eigenvalue weighted by Gasteiger charge is 2.06. The first-order valence-electron chi connectivity index (χ1n) is 3.81. The van der Waals surface area contributed by atoms with Crippen LogP contribution in [-0.2, 0) is 0 Å². The van der Waals surface area contributed by atoms with Crippen LogP contribution in [0.4, 0.5) is 0 Å². The lowest BCUT2D eigenvalue weighted by atomic mass is 10.0. The molecular formula is C9H17N. The van der Waals surface area contributed by atoms with Gasteiger partial charge in [0.1, 0.15) is 0 Å². The summed E-state index contributed by atoms with van der Waals surface area (Å²) in [6, 6.07) is 0.433. The SMILES string of the molecule is C=CCC(C)C(C)N=CC. The van der Waals surface area contributed by atoms with Gasteiger partial charge in [-0.2, -0.15) is 0 Å². The minimum atomic E-state index is 0.433. The van der Waals surface area contributed by atoms with Gasteiger partial charge in [0.15, 0.2) is 0 Å². The van der Waals surface area contributed by atoms with E-state index >= 15 is 0 Å². The van der Waals surface area contributed by atoms with Crippen molar-refractivity contribution >= 4 is 6.21 Å².